The van der Waals surface area contributed by atoms with Crippen molar-refractivity contribution in [3.8, 4) is 0 Å². The Morgan fingerprint density at radius 2 is 1.86 bits per heavy atom. The summed E-state index contributed by atoms with van der Waals surface area (Å²) in [5, 5.41) is 10.7. The third-order valence-corrected chi connectivity index (χ3v) is 7.20. The van der Waals surface area contributed by atoms with Crippen molar-refractivity contribution in [2.45, 2.75) is 76.9 Å². The van der Waals surface area contributed by atoms with Gasteiger partial charge in [0, 0.05) is 31.3 Å². The first-order chi connectivity index (χ1) is 17.9. The number of ether oxygens (including phenoxy) is 3. The van der Waals surface area contributed by atoms with Crippen molar-refractivity contribution in [3.05, 3.63) is 39.9 Å². The molecule has 4 rings (SSSR count). The molecular formula is C26H36N2O9. The number of amides is 1. The second kappa shape index (κ2) is 13.3. The number of hydrogen-bond donors (Lipinski definition) is 0. The first-order valence-electron chi connectivity index (χ1n) is 13.2. The van der Waals surface area contributed by atoms with E-state index < -0.39 is 10.9 Å². The van der Waals surface area contributed by atoms with Crippen molar-refractivity contribution >= 4 is 17.6 Å². The zero-order valence-electron chi connectivity index (χ0n) is 21.3. The molecule has 3 unspecified atom stereocenters. The summed E-state index contributed by atoms with van der Waals surface area (Å²) in [5.74, 6) is -0.788. The zero-order valence-corrected chi connectivity index (χ0v) is 21.3. The van der Waals surface area contributed by atoms with E-state index in [1.807, 2.05) is 4.90 Å². The summed E-state index contributed by atoms with van der Waals surface area (Å²) < 4.78 is 17.6. The summed E-state index contributed by atoms with van der Waals surface area (Å²) >= 11 is 0. The number of carbonyl (C=O) groups is 2. The molecule has 3 fully saturated rings. The fraction of sp³-hybridized carbons (Fsp3) is 0.692. The third-order valence-electron chi connectivity index (χ3n) is 7.20. The van der Waals surface area contributed by atoms with Crippen LogP contribution in [0.4, 0.5) is 5.69 Å². The second-order valence-electron chi connectivity index (χ2n) is 9.94. The predicted octanol–water partition coefficient (Wildman–Crippen LogP) is 3.54. The van der Waals surface area contributed by atoms with Crippen LogP contribution in [0.5, 0.6) is 0 Å². The van der Waals surface area contributed by atoms with Gasteiger partial charge in [0.2, 0.25) is 5.91 Å². The minimum Gasteiger partial charge on any atom is -0.358 e. The molecule has 11 heteroatoms. The third kappa shape index (κ3) is 7.25. The first-order valence-corrected chi connectivity index (χ1v) is 13.2. The van der Waals surface area contributed by atoms with E-state index in [1.54, 1.807) is 0 Å². The number of likely N-dealkylation sites (tertiary alicyclic amines) is 1. The number of carbonyl (C=O) groups excluding carboxylic acids is 2. The predicted molar refractivity (Wildman–Crippen MR) is 130 cm³/mol. The van der Waals surface area contributed by atoms with Gasteiger partial charge in [0.25, 0.3) is 5.69 Å². The topological polar surface area (TPSA) is 127 Å². The highest BCUT2D eigenvalue weighted by molar-refractivity contribution is 5.86. The lowest BCUT2D eigenvalue weighted by atomic mass is 9.77. The smallest absolute Gasteiger partial charge is 0.346 e. The average Bonchev–Trinajstić information content (AvgIpc) is 2.91. The summed E-state index contributed by atoms with van der Waals surface area (Å²) in [4.78, 5) is 47.3. The number of nitro benzene ring substituents is 1. The lowest BCUT2D eigenvalue weighted by Gasteiger charge is -2.53. The molecule has 1 aromatic rings. The van der Waals surface area contributed by atoms with Crippen molar-refractivity contribution in [2.24, 2.45) is 11.8 Å². The summed E-state index contributed by atoms with van der Waals surface area (Å²) in [6.45, 7) is 4.01. The Labute approximate surface area is 216 Å². The number of rotatable bonds is 12. The van der Waals surface area contributed by atoms with Gasteiger partial charge in [0.05, 0.1) is 36.5 Å². The average molecular weight is 521 g/mol. The van der Waals surface area contributed by atoms with E-state index in [1.165, 1.54) is 24.3 Å². The van der Waals surface area contributed by atoms with Crippen LogP contribution in [0.1, 0.15) is 57.4 Å². The van der Waals surface area contributed by atoms with E-state index >= 15 is 0 Å². The van der Waals surface area contributed by atoms with Crippen molar-refractivity contribution in [2.75, 3.05) is 26.4 Å². The van der Waals surface area contributed by atoms with Crippen molar-refractivity contribution in [3.63, 3.8) is 0 Å². The van der Waals surface area contributed by atoms with Crippen LogP contribution >= 0.6 is 0 Å². The summed E-state index contributed by atoms with van der Waals surface area (Å²) in [7, 11) is 0. The molecule has 1 aromatic carbocycles. The van der Waals surface area contributed by atoms with Crippen molar-refractivity contribution in [1.82, 2.24) is 4.90 Å². The number of hydrogen-bond acceptors (Lipinski definition) is 9. The standard InChI is InChI=1S/C26H36N2O9/c1-18(17-35-24-7-3-5-14-34-24)25-21(26(30)27(25)22-6-2-4-13-33-22)12-15-36-37-23(29)16-19-8-10-20(11-9-19)28(31)32/h8-11,18,21-22,24-25H,2-7,12-17H2,1H3/t18?,21-,22?,24?,25-/m0/s1. The largest absolute Gasteiger partial charge is 0.358 e. The Hall–Kier alpha value is -2.60. The number of nitrogens with zero attached hydrogens (tertiary/aromatic N) is 2. The van der Waals surface area contributed by atoms with Gasteiger partial charge in [-0.3, -0.25) is 19.8 Å². The molecule has 0 saturated carbocycles. The Morgan fingerprint density at radius 1 is 1.14 bits per heavy atom. The normalized spacial score (nSPS) is 26.8. The highest BCUT2D eigenvalue weighted by Gasteiger charge is 2.52. The van der Waals surface area contributed by atoms with E-state index in [2.05, 4.69) is 6.92 Å². The van der Waals surface area contributed by atoms with Crippen LogP contribution in [0.15, 0.2) is 24.3 Å². The molecule has 3 aliphatic heterocycles. The Kier molecular flexibility index (Phi) is 9.84. The van der Waals surface area contributed by atoms with Gasteiger partial charge >= 0.3 is 5.97 Å². The number of non-ortho nitro benzene ring substituents is 1. The van der Waals surface area contributed by atoms with Crippen molar-refractivity contribution in [1.29, 1.82) is 0 Å². The maximum Gasteiger partial charge on any atom is 0.346 e. The monoisotopic (exact) mass is 520 g/mol. The van der Waals surface area contributed by atoms with Gasteiger partial charge in [-0.2, -0.15) is 4.89 Å². The quantitative estimate of drug-likeness (QED) is 0.134. The molecule has 0 bridgehead atoms. The zero-order chi connectivity index (χ0) is 26.2. The fourth-order valence-corrected chi connectivity index (χ4v) is 5.25. The molecule has 3 heterocycles. The van der Waals surface area contributed by atoms with E-state index in [9.17, 15) is 19.7 Å². The van der Waals surface area contributed by atoms with Gasteiger partial charge in [0.1, 0.15) is 6.23 Å². The molecule has 0 aromatic heterocycles. The van der Waals surface area contributed by atoms with Gasteiger partial charge in [-0.05, 0) is 50.5 Å². The Bertz CT molecular complexity index is 913. The summed E-state index contributed by atoms with van der Waals surface area (Å²) in [5.41, 5.74) is 0.527. The van der Waals surface area contributed by atoms with Crippen LogP contribution in [0.2, 0.25) is 0 Å². The van der Waals surface area contributed by atoms with Crippen LogP contribution < -0.4 is 0 Å². The lowest BCUT2D eigenvalue weighted by Crippen LogP contribution is -2.68. The lowest BCUT2D eigenvalue weighted by molar-refractivity contribution is -0.384. The molecule has 0 spiro atoms. The van der Waals surface area contributed by atoms with Gasteiger partial charge < -0.3 is 19.1 Å². The first kappa shape index (κ1) is 27.4. The molecule has 37 heavy (non-hydrogen) atoms. The molecule has 1 amide bonds. The number of β-lactam (4-membered cyclic amide) rings is 1. The molecular weight excluding hydrogens is 484 g/mol. The minimum absolute atomic E-state index is 0.0264. The number of benzene rings is 1. The van der Waals surface area contributed by atoms with Crippen LogP contribution in [-0.2, 0) is 40.0 Å². The molecule has 0 N–H and O–H groups in total. The van der Waals surface area contributed by atoms with Gasteiger partial charge in [0.15, 0.2) is 6.29 Å². The highest BCUT2D eigenvalue weighted by atomic mass is 17.2. The highest BCUT2D eigenvalue weighted by Crippen LogP contribution is 2.39. The molecule has 0 radical (unpaired) electrons. The van der Waals surface area contributed by atoms with Crippen molar-refractivity contribution < 1.29 is 38.5 Å². The van der Waals surface area contributed by atoms with E-state index in [0.29, 0.717) is 31.8 Å². The summed E-state index contributed by atoms with van der Waals surface area (Å²) in [6, 6.07) is 5.61. The minimum atomic E-state index is -0.614. The van der Waals surface area contributed by atoms with Crippen LogP contribution in [-0.4, -0.2) is 66.7 Å². The molecule has 204 valence electrons. The van der Waals surface area contributed by atoms with Crippen LogP contribution in [0.3, 0.4) is 0 Å². The van der Waals surface area contributed by atoms with Crippen LogP contribution in [0.25, 0.3) is 0 Å². The SMILES string of the molecule is CC(COC1CCCCO1)[C@H]1[C@H](CCOOC(=O)Cc2ccc([N+](=O)[O-])cc2)C(=O)N1C1CCCCO1. The van der Waals surface area contributed by atoms with E-state index in [0.717, 1.165) is 38.5 Å². The molecule has 5 atom stereocenters. The van der Waals surface area contributed by atoms with Crippen LogP contribution in [0, 0.1) is 22.0 Å². The molecule has 3 saturated heterocycles. The van der Waals surface area contributed by atoms with E-state index in [4.69, 9.17) is 24.0 Å². The maximum absolute atomic E-state index is 13.1. The van der Waals surface area contributed by atoms with Gasteiger partial charge in [-0.25, -0.2) is 4.79 Å². The van der Waals surface area contributed by atoms with Gasteiger partial charge in [-0.15, -0.1) is 0 Å². The van der Waals surface area contributed by atoms with E-state index in [-0.39, 0.29) is 55.0 Å². The Morgan fingerprint density at radius 3 is 2.51 bits per heavy atom. The molecule has 3 aliphatic rings. The van der Waals surface area contributed by atoms with Gasteiger partial charge in [-0.1, -0.05) is 19.1 Å². The second-order valence-corrected chi connectivity index (χ2v) is 9.94. The Balaban J connectivity index is 1.25. The maximum atomic E-state index is 13.1. The summed E-state index contributed by atoms with van der Waals surface area (Å²) in [6.07, 6.45) is 5.81. The fourth-order valence-electron chi connectivity index (χ4n) is 5.25. The molecule has 11 nitrogen and oxygen atoms in total. The number of nitro groups is 1. The molecule has 0 aliphatic carbocycles.